The van der Waals surface area contributed by atoms with Gasteiger partial charge in [0.2, 0.25) is 5.91 Å². The fourth-order valence-electron chi connectivity index (χ4n) is 8.15. The summed E-state index contributed by atoms with van der Waals surface area (Å²) in [6.07, 6.45) is 61.1. The van der Waals surface area contributed by atoms with Gasteiger partial charge in [-0.15, -0.1) is 0 Å². The minimum atomic E-state index is -4.60. The molecule has 2 N–H and O–H groups in total. The van der Waals surface area contributed by atoms with Crippen molar-refractivity contribution in [2.24, 2.45) is 0 Å². The lowest BCUT2D eigenvalue weighted by Gasteiger charge is -2.29. The number of allylic oxidation sites excluding steroid dienone is 5. The molecule has 0 aromatic heterocycles. The largest absolute Gasteiger partial charge is 0.756 e. The van der Waals surface area contributed by atoms with E-state index in [1.54, 1.807) is 6.08 Å². The lowest BCUT2D eigenvalue weighted by molar-refractivity contribution is -0.870. The molecule has 0 rings (SSSR count). The van der Waals surface area contributed by atoms with Gasteiger partial charge in [-0.05, 0) is 51.4 Å². The number of unbranched alkanes of at least 4 members (excludes halogenated alkanes) is 34. The van der Waals surface area contributed by atoms with Gasteiger partial charge in [0.1, 0.15) is 13.2 Å². The first-order valence-electron chi connectivity index (χ1n) is 27.9. The van der Waals surface area contributed by atoms with Gasteiger partial charge in [-0.3, -0.25) is 9.36 Å². The third-order valence-electron chi connectivity index (χ3n) is 12.6. The molecule has 3 unspecified atom stereocenters. The maximum atomic E-state index is 12.8. The third kappa shape index (κ3) is 50.4. The number of likely N-dealkylation sites (N-methyl/N-ethyl adjacent to an activating group) is 1. The number of amides is 1. The molecule has 0 aromatic rings. The number of hydrogen-bond acceptors (Lipinski definition) is 6. The number of phosphoric acid groups is 1. The molecule has 65 heavy (non-hydrogen) atoms. The van der Waals surface area contributed by atoms with E-state index in [2.05, 4.69) is 43.5 Å². The molecule has 0 aliphatic carbocycles. The van der Waals surface area contributed by atoms with Crippen LogP contribution >= 0.6 is 7.82 Å². The summed E-state index contributed by atoms with van der Waals surface area (Å²) in [5.41, 5.74) is 0. The predicted octanol–water partition coefficient (Wildman–Crippen LogP) is 16.0. The molecule has 0 saturated heterocycles. The first-order valence-corrected chi connectivity index (χ1v) is 29.3. The van der Waals surface area contributed by atoms with Gasteiger partial charge in [-0.2, -0.15) is 0 Å². The van der Waals surface area contributed by atoms with Crippen molar-refractivity contribution in [3.8, 4) is 0 Å². The number of quaternary nitrogens is 1. The van der Waals surface area contributed by atoms with Crippen LogP contribution in [-0.4, -0.2) is 68.5 Å². The molecule has 0 saturated carbocycles. The molecule has 8 nitrogen and oxygen atoms in total. The van der Waals surface area contributed by atoms with Crippen LogP contribution in [0.3, 0.4) is 0 Å². The standard InChI is InChI=1S/C56H109N2O6P/c1-6-8-10-12-14-16-18-19-20-21-22-23-24-25-26-27-28-29-30-31-32-33-34-35-36-37-38-40-41-43-45-47-49-55(59)54(53-64-65(61,62)63-52-51-58(3,4)5)57-56(60)50-48-46-44-42-39-17-15-13-11-9-7-2/h13,15,40-41,47,49,54-55,59H,6-12,14,16-39,42-46,48,50-53H2,1-5H3,(H-,57,60,61,62)/b15-13-,41-40+,49-47+. The zero-order valence-electron chi connectivity index (χ0n) is 43.7. The van der Waals surface area contributed by atoms with E-state index in [9.17, 15) is 19.4 Å². The van der Waals surface area contributed by atoms with Crippen molar-refractivity contribution >= 4 is 13.7 Å². The maximum absolute atomic E-state index is 12.8. The predicted molar refractivity (Wildman–Crippen MR) is 279 cm³/mol. The minimum absolute atomic E-state index is 0.00782. The quantitative estimate of drug-likeness (QED) is 0.0272. The van der Waals surface area contributed by atoms with E-state index in [1.165, 1.54) is 180 Å². The van der Waals surface area contributed by atoms with Gasteiger partial charge < -0.3 is 28.8 Å². The fraction of sp³-hybridized carbons (Fsp3) is 0.875. The highest BCUT2D eigenvalue weighted by molar-refractivity contribution is 7.45. The molecular weight excluding hydrogens is 828 g/mol. The van der Waals surface area contributed by atoms with Crippen molar-refractivity contribution in [3.63, 3.8) is 0 Å². The molecule has 0 bridgehead atoms. The average Bonchev–Trinajstić information content (AvgIpc) is 3.26. The first kappa shape index (κ1) is 63.7. The number of nitrogens with zero attached hydrogens (tertiary/aromatic N) is 1. The Morgan fingerprint density at radius 1 is 0.523 bits per heavy atom. The Bertz CT molecular complexity index is 1150. The van der Waals surface area contributed by atoms with Crippen LogP contribution < -0.4 is 10.2 Å². The molecule has 0 spiro atoms. The molecule has 3 atom stereocenters. The van der Waals surface area contributed by atoms with Crippen LogP contribution in [0.4, 0.5) is 0 Å². The SMILES string of the molecule is CCCC/C=C\CCCCCCCC(=O)NC(COP(=O)([O-])OCC[N+](C)(C)C)C(O)/C=C/CC/C=C/CCCCCCCCCCCCCCCCCCCCCCCCCCCC. The normalized spacial score (nSPS) is 14.3. The van der Waals surface area contributed by atoms with E-state index in [1.807, 2.05) is 27.2 Å². The summed E-state index contributed by atoms with van der Waals surface area (Å²) in [6, 6.07) is -0.906. The highest BCUT2D eigenvalue weighted by Crippen LogP contribution is 2.38. The van der Waals surface area contributed by atoms with Crippen LogP contribution in [0.25, 0.3) is 0 Å². The Balaban J connectivity index is 4.07. The Morgan fingerprint density at radius 3 is 1.29 bits per heavy atom. The number of phosphoric ester groups is 1. The number of aliphatic hydroxyl groups excluding tert-OH is 1. The summed E-state index contributed by atoms with van der Waals surface area (Å²) >= 11 is 0. The summed E-state index contributed by atoms with van der Waals surface area (Å²) < 4.78 is 23.2. The van der Waals surface area contributed by atoms with E-state index in [0.717, 1.165) is 64.2 Å². The van der Waals surface area contributed by atoms with Crippen molar-refractivity contribution in [2.45, 2.75) is 276 Å². The van der Waals surface area contributed by atoms with Gasteiger partial charge in [0, 0.05) is 6.42 Å². The van der Waals surface area contributed by atoms with E-state index in [4.69, 9.17) is 9.05 Å². The van der Waals surface area contributed by atoms with Crippen molar-refractivity contribution < 1.29 is 32.9 Å². The minimum Gasteiger partial charge on any atom is -0.756 e. The molecule has 0 fully saturated rings. The Hall–Kier alpha value is -1.28. The second-order valence-electron chi connectivity index (χ2n) is 20.3. The Labute approximate surface area is 404 Å². The van der Waals surface area contributed by atoms with E-state index in [-0.39, 0.29) is 12.5 Å². The summed E-state index contributed by atoms with van der Waals surface area (Å²) in [5, 5.41) is 13.8. The average molecular weight is 937 g/mol. The number of rotatable bonds is 51. The van der Waals surface area contributed by atoms with E-state index >= 15 is 0 Å². The lowest BCUT2D eigenvalue weighted by Crippen LogP contribution is -2.45. The van der Waals surface area contributed by atoms with Gasteiger partial charge in [-0.1, -0.05) is 243 Å². The molecule has 0 radical (unpaired) electrons. The lowest BCUT2D eigenvalue weighted by atomic mass is 10.0. The Kier molecular flexibility index (Phi) is 46.8. The van der Waals surface area contributed by atoms with Crippen molar-refractivity contribution in [2.75, 3.05) is 40.9 Å². The molecule has 0 aromatic carbocycles. The number of hydrogen-bond donors (Lipinski definition) is 2. The zero-order valence-corrected chi connectivity index (χ0v) is 44.6. The van der Waals surface area contributed by atoms with E-state index in [0.29, 0.717) is 17.4 Å². The Morgan fingerprint density at radius 2 is 0.877 bits per heavy atom. The molecular formula is C56H109N2O6P. The summed E-state index contributed by atoms with van der Waals surface area (Å²) in [5.74, 6) is -0.217. The fourth-order valence-corrected chi connectivity index (χ4v) is 8.87. The molecule has 0 aliphatic rings. The summed E-state index contributed by atoms with van der Waals surface area (Å²) in [7, 11) is 1.24. The second-order valence-corrected chi connectivity index (χ2v) is 21.7. The maximum Gasteiger partial charge on any atom is 0.268 e. The number of nitrogens with one attached hydrogen (secondary N) is 1. The van der Waals surface area contributed by atoms with Crippen LogP contribution in [0.1, 0.15) is 264 Å². The summed E-state index contributed by atoms with van der Waals surface area (Å²) in [4.78, 5) is 25.3. The van der Waals surface area contributed by atoms with E-state index < -0.39 is 26.6 Å². The van der Waals surface area contributed by atoms with Crippen LogP contribution in [-0.2, 0) is 18.4 Å². The van der Waals surface area contributed by atoms with Crippen molar-refractivity contribution in [1.82, 2.24) is 5.32 Å². The molecule has 0 aliphatic heterocycles. The van der Waals surface area contributed by atoms with Gasteiger partial charge >= 0.3 is 0 Å². The topological polar surface area (TPSA) is 108 Å². The van der Waals surface area contributed by atoms with Crippen LogP contribution in [0.5, 0.6) is 0 Å². The van der Waals surface area contributed by atoms with Gasteiger partial charge in [-0.25, -0.2) is 0 Å². The summed E-state index contributed by atoms with van der Waals surface area (Å²) in [6.45, 7) is 4.59. The van der Waals surface area contributed by atoms with Gasteiger partial charge in [0.25, 0.3) is 7.82 Å². The third-order valence-corrected chi connectivity index (χ3v) is 13.5. The van der Waals surface area contributed by atoms with Gasteiger partial charge in [0.15, 0.2) is 0 Å². The zero-order chi connectivity index (χ0) is 47.8. The number of aliphatic hydroxyl groups is 1. The smallest absolute Gasteiger partial charge is 0.268 e. The highest BCUT2D eigenvalue weighted by atomic mass is 31.2. The van der Waals surface area contributed by atoms with Crippen molar-refractivity contribution in [1.29, 1.82) is 0 Å². The van der Waals surface area contributed by atoms with Crippen LogP contribution in [0, 0.1) is 0 Å². The monoisotopic (exact) mass is 937 g/mol. The molecule has 0 heterocycles. The first-order chi connectivity index (χ1) is 31.5. The number of carbonyl (C=O) groups is 1. The highest BCUT2D eigenvalue weighted by Gasteiger charge is 2.23. The number of carbonyl (C=O) groups excluding carboxylic acids is 1. The molecule has 1 amide bonds. The molecule has 9 heteroatoms. The second kappa shape index (κ2) is 47.8. The van der Waals surface area contributed by atoms with Gasteiger partial charge in [0.05, 0.1) is 39.9 Å². The van der Waals surface area contributed by atoms with Crippen LogP contribution in [0.15, 0.2) is 36.5 Å². The molecule has 384 valence electrons. The van der Waals surface area contributed by atoms with Crippen LogP contribution in [0.2, 0.25) is 0 Å². The van der Waals surface area contributed by atoms with Crippen molar-refractivity contribution in [3.05, 3.63) is 36.5 Å².